The van der Waals surface area contributed by atoms with Crippen LogP contribution in [0, 0.1) is 0 Å². The first-order valence-electron chi connectivity index (χ1n) is 6.19. The highest BCUT2D eigenvalue weighted by Gasteiger charge is 2.10. The zero-order valence-corrected chi connectivity index (χ0v) is 12.1. The fourth-order valence-corrected chi connectivity index (χ4v) is 2.38. The Morgan fingerprint density at radius 2 is 2.06 bits per heavy atom. The molecule has 0 spiro atoms. The van der Waals surface area contributed by atoms with Gasteiger partial charge in [-0.05, 0) is 24.5 Å². The monoisotopic (exact) mass is 297 g/mol. The van der Waals surface area contributed by atoms with E-state index in [0.29, 0.717) is 11.4 Å². The molecule has 0 saturated carbocycles. The molecule has 0 fully saturated rings. The molecule has 1 unspecified atom stereocenters. The van der Waals surface area contributed by atoms with Gasteiger partial charge in [-0.1, -0.05) is 54.4 Å². The summed E-state index contributed by atoms with van der Waals surface area (Å²) >= 11 is 3.56. The van der Waals surface area contributed by atoms with E-state index in [2.05, 4.69) is 35.1 Å². The molecule has 0 bridgehead atoms. The second-order valence-electron chi connectivity index (χ2n) is 4.11. The van der Waals surface area contributed by atoms with Crippen LogP contribution in [0.4, 0.5) is 0 Å². The third-order valence-electron chi connectivity index (χ3n) is 2.73. The van der Waals surface area contributed by atoms with Crippen molar-refractivity contribution in [1.82, 2.24) is 5.32 Å². The van der Waals surface area contributed by atoms with E-state index in [9.17, 15) is 4.79 Å². The average molecular weight is 298 g/mol. The van der Waals surface area contributed by atoms with Crippen molar-refractivity contribution in [3.63, 3.8) is 0 Å². The Morgan fingerprint density at radius 3 is 2.71 bits per heavy atom. The molecule has 3 heteroatoms. The number of rotatable bonds is 6. The molecule has 0 aliphatic heterocycles. The number of alkyl halides is 1. The van der Waals surface area contributed by atoms with Gasteiger partial charge >= 0.3 is 0 Å². The van der Waals surface area contributed by atoms with Crippen LogP contribution in [0.1, 0.15) is 42.6 Å². The normalized spacial score (nSPS) is 12.2. The highest BCUT2D eigenvalue weighted by Crippen LogP contribution is 2.10. The third kappa shape index (κ3) is 4.50. The van der Waals surface area contributed by atoms with Gasteiger partial charge in [0.1, 0.15) is 0 Å². The molecule has 1 rings (SSSR count). The summed E-state index contributed by atoms with van der Waals surface area (Å²) in [4.78, 5) is 12.4. The minimum atomic E-state index is 0.0306. The van der Waals surface area contributed by atoms with Crippen LogP contribution in [0.3, 0.4) is 0 Å². The van der Waals surface area contributed by atoms with Crippen LogP contribution in [0.15, 0.2) is 24.3 Å². The smallest absolute Gasteiger partial charge is 0.251 e. The molecule has 0 saturated heterocycles. The number of hydrogen-bond donors (Lipinski definition) is 1. The van der Waals surface area contributed by atoms with Crippen molar-refractivity contribution in [1.29, 1.82) is 0 Å². The van der Waals surface area contributed by atoms with Gasteiger partial charge in [0.2, 0.25) is 0 Å². The van der Waals surface area contributed by atoms with Crippen LogP contribution >= 0.6 is 15.9 Å². The molecule has 2 nitrogen and oxygen atoms in total. The second-order valence-corrected chi connectivity index (χ2v) is 5.40. The van der Waals surface area contributed by atoms with Crippen molar-refractivity contribution in [3.8, 4) is 0 Å². The van der Waals surface area contributed by atoms with E-state index in [1.165, 1.54) is 0 Å². The lowest BCUT2D eigenvalue weighted by molar-refractivity contribution is 0.0953. The minimum Gasteiger partial charge on any atom is -0.351 e. The van der Waals surface area contributed by atoms with Gasteiger partial charge < -0.3 is 5.32 Å². The summed E-state index contributed by atoms with van der Waals surface area (Å²) in [6.07, 6.45) is 3.09. The molecule has 0 aliphatic carbocycles. The Morgan fingerprint density at radius 1 is 1.35 bits per heavy atom. The van der Waals surface area contributed by atoms with E-state index in [1.54, 1.807) is 0 Å². The van der Waals surface area contributed by atoms with Crippen LogP contribution in [-0.2, 0) is 6.42 Å². The maximum atomic E-state index is 12.0. The molecule has 94 valence electrons. The quantitative estimate of drug-likeness (QED) is 0.800. The van der Waals surface area contributed by atoms with Crippen LogP contribution in [-0.4, -0.2) is 17.3 Å². The number of amides is 1. The predicted octanol–water partition coefficient (Wildman–Crippen LogP) is 3.54. The second kappa shape index (κ2) is 7.49. The first kappa shape index (κ1) is 14.2. The molecule has 17 heavy (non-hydrogen) atoms. The SMILES string of the molecule is CCCC(Br)CNC(=O)c1ccccc1CC. The standard InChI is InChI=1S/C14H20BrNO/c1-3-7-12(15)10-16-14(17)13-9-6-5-8-11(13)4-2/h5-6,8-9,12H,3-4,7,10H2,1-2H3,(H,16,17). The lowest BCUT2D eigenvalue weighted by atomic mass is 10.0. The topological polar surface area (TPSA) is 29.1 Å². The number of carbonyl (C=O) groups excluding carboxylic acids is 1. The molecule has 0 radical (unpaired) electrons. The molecule has 1 amide bonds. The van der Waals surface area contributed by atoms with Crippen molar-refractivity contribution < 1.29 is 4.79 Å². The molecular formula is C14H20BrNO. The van der Waals surface area contributed by atoms with Crippen LogP contribution in [0.5, 0.6) is 0 Å². The van der Waals surface area contributed by atoms with E-state index < -0.39 is 0 Å². The lowest BCUT2D eigenvalue weighted by Gasteiger charge is -2.12. The maximum absolute atomic E-state index is 12.0. The van der Waals surface area contributed by atoms with Gasteiger partial charge in [-0.15, -0.1) is 0 Å². The molecular weight excluding hydrogens is 278 g/mol. The maximum Gasteiger partial charge on any atom is 0.251 e. The Hall–Kier alpha value is -0.830. The Labute approximate surface area is 112 Å². The van der Waals surface area contributed by atoms with Crippen LogP contribution in [0.2, 0.25) is 0 Å². The number of hydrogen-bond acceptors (Lipinski definition) is 1. The molecule has 1 aromatic rings. The summed E-state index contributed by atoms with van der Waals surface area (Å²) in [7, 11) is 0. The van der Waals surface area contributed by atoms with Crippen molar-refractivity contribution in [2.45, 2.75) is 37.9 Å². The van der Waals surface area contributed by atoms with Gasteiger partial charge in [0.05, 0.1) is 0 Å². The Balaban J connectivity index is 2.58. The minimum absolute atomic E-state index is 0.0306. The third-order valence-corrected chi connectivity index (χ3v) is 3.51. The molecule has 0 heterocycles. The van der Waals surface area contributed by atoms with Gasteiger partial charge in [0.25, 0.3) is 5.91 Å². The lowest BCUT2D eigenvalue weighted by Crippen LogP contribution is -2.30. The fraction of sp³-hybridized carbons (Fsp3) is 0.500. The van der Waals surface area contributed by atoms with Crippen LogP contribution in [0.25, 0.3) is 0 Å². The van der Waals surface area contributed by atoms with Crippen molar-refractivity contribution in [2.75, 3.05) is 6.54 Å². The molecule has 0 aromatic heterocycles. The number of aryl methyl sites for hydroxylation is 1. The first-order chi connectivity index (χ1) is 8.19. The van der Waals surface area contributed by atoms with Gasteiger partial charge in [-0.25, -0.2) is 0 Å². The van der Waals surface area contributed by atoms with Crippen molar-refractivity contribution in [3.05, 3.63) is 35.4 Å². The molecule has 1 aromatic carbocycles. The number of carbonyl (C=O) groups is 1. The molecule has 1 N–H and O–H groups in total. The van der Waals surface area contributed by atoms with E-state index in [0.717, 1.165) is 30.4 Å². The fourth-order valence-electron chi connectivity index (χ4n) is 1.76. The summed E-state index contributed by atoms with van der Waals surface area (Å²) in [6.45, 7) is 4.89. The summed E-state index contributed by atoms with van der Waals surface area (Å²) in [5, 5.41) is 2.97. The van der Waals surface area contributed by atoms with Crippen molar-refractivity contribution >= 4 is 21.8 Å². The number of halogens is 1. The van der Waals surface area contributed by atoms with Crippen molar-refractivity contribution in [2.24, 2.45) is 0 Å². The summed E-state index contributed by atoms with van der Waals surface area (Å²) < 4.78 is 0. The summed E-state index contributed by atoms with van der Waals surface area (Å²) in [6, 6.07) is 7.77. The molecule has 1 atom stereocenters. The largest absolute Gasteiger partial charge is 0.351 e. The average Bonchev–Trinajstić information content (AvgIpc) is 2.36. The van der Waals surface area contributed by atoms with E-state index in [-0.39, 0.29) is 5.91 Å². The van der Waals surface area contributed by atoms with E-state index in [4.69, 9.17) is 0 Å². The Kier molecular flexibility index (Phi) is 6.27. The zero-order valence-electron chi connectivity index (χ0n) is 10.5. The predicted molar refractivity (Wildman–Crippen MR) is 75.8 cm³/mol. The van der Waals surface area contributed by atoms with Gasteiger partial charge in [0.15, 0.2) is 0 Å². The summed E-state index contributed by atoms with van der Waals surface area (Å²) in [5.41, 5.74) is 1.90. The first-order valence-corrected chi connectivity index (χ1v) is 7.10. The number of benzene rings is 1. The zero-order chi connectivity index (χ0) is 12.7. The van der Waals surface area contributed by atoms with E-state index in [1.807, 2.05) is 24.3 Å². The Bertz CT molecular complexity index is 365. The van der Waals surface area contributed by atoms with Gasteiger partial charge in [0, 0.05) is 16.9 Å². The van der Waals surface area contributed by atoms with Crippen LogP contribution < -0.4 is 5.32 Å². The van der Waals surface area contributed by atoms with E-state index >= 15 is 0 Å². The molecule has 0 aliphatic rings. The number of nitrogens with one attached hydrogen (secondary N) is 1. The highest BCUT2D eigenvalue weighted by molar-refractivity contribution is 9.09. The van der Waals surface area contributed by atoms with Gasteiger partial charge in [-0.2, -0.15) is 0 Å². The van der Waals surface area contributed by atoms with Gasteiger partial charge in [-0.3, -0.25) is 4.79 Å². The summed E-state index contributed by atoms with van der Waals surface area (Å²) in [5.74, 6) is 0.0306. The highest BCUT2D eigenvalue weighted by atomic mass is 79.9.